The molecule has 0 amide bonds. The number of aryl methyl sites for hydroxylation is 2. The van der Waals surface area contributed by atoms with Crippen LogP contribution >= 0.6 is 12.2 Å². The monoisotopic (exact) mass is 478 g/mol. The average molecular weight is 479 g/mol. The molecule has 2 aromatic carbocycles. The Labute approximate surface area is 206 Å². The van der Waals surface area contributed by atoms with Gasteiger partial charge in [-0.3, -0.25) is 9.69 Å². The van der Waals surface area contributed by atoms with Gasteiger partial charge in [0.2, 0.25) is 0 Å². The van der Waals surface area contributed by atoms with Crippen molar-refractivity contribution in [1.29, 1.82) is 0 Å². The third-order valence-electron chi connectivity index (χ3n) is 6.45. The van der Waals surface area contributed by atoms with Crippen LogP contribution in [0.25, 0.3) is 10.9 Å². The fourth-order valence-electron chi connectivity index (χ4n) is 4.50. The molecule has 1 saturated heterocycles. The van der Waals surface area contributed by atoms with Crippen molar-refractivity contribution in [3.05, 3.63) is 81.1 Å². The summed E-state index contributed by atoms with van der Waals surface area (Å²) in [7, 11) is 0. The molecule has 2 heterocycles. The number of ether oxygens (including phenoxy) is 1. The van der Waals surface area contributed by atoms with E-state index in [0.717, 1.165) is 61.4 Å². The third-order valence-corrected chi connectivity index (χ3v) is 6.82. The highest BCUT2D eigenvalue weighted by Gasteiger charge is 2.18. The Morgan fingerprint density at radius 3 is 2.65 bits per heavy atom. The van der Waals surface area contributed by atoms with E-state index in [1.807, 2.05) is 31.2 Å². The van der Waals surface area contributed by atoms with Crippen LogP contribution in [-0.2, 0) is 11.3 Å². The minimum Gasteiger partial charge on any atom is -0.379 e. The summed E-state index contributed by atoms with van der Waals surface area (Å²) in [6.07, 6.45) is 0. The summed E-state index contributed by atoms with van der Waals surface area (Å²) in [5.41, 5.74) is 4.99. The van der Waals surface area contributed by atoms with Gasteiger partial charge in [0.25, 0.3) is 5.56 Å². The van der Waals surface area contributed by atoms with Crippen molar-refractivity contribution in [1.82, 2.24) is 20.1 Å². The van der Waals surface area contributed by atoms with E-state index in [1.165, 1.54) is 11.1 Å². The van der Waals surface area contributed by atoms with Gasteiger partial charge >= 0.3 is 0 Å². The molecule has 0 saturated carbocycles. The lowest BCUT2D eigenvalue weighted by molar-refractivity contribution is 0.0357. The number of rotatable bonds is 7. The predicted octanol–water partition coefficient (Wildman–Crippen LogP) is 3.91. The van der Waals surface area contributed by atoms with Crippen LogP contribution < -0.4 is 10.9 Å². The number of benzene rings is 2. The Bertz CT molecular complexity index is 1190. The van der Waals surface area contributed by atoms with Gasteiger partial charge in [-0.15, -0.1) is 0 Å². The zero-order chi connectivity index (χ0) is 24.1. The summed E-state index contributed by atoms with van der Waals surface area (Å²) in [6, 6.07) is 16.6. The molecule has 0 aliphatic carbocycles. The number of thiocarbonyl (C=S) groups is 1. The highest BCUT2D eigenvalue weighted by atomic mass is 32.1. The van der Waals surface area contributed by atoms with Crippen LogP contribution in [-0.4, -0.2) is 59.3 Å². The molecular formula is C27H34N4O2S. The van der Waals surface area contributed by atoms with Gasteiger partial charge < -0.3 is 19.9 Å². The molecule has 0 radical (unpaired) electrons. The number of hydrogen-bond donors (Lipinski definition) is 2. The minimum atomic E-state index is -0.0604. The first kappa shape index (κ1) is 24.4. The summed E-state index contributed by atoms with van der Waals surface area (Å²) >= 11 is 5.86. The first-order valence-electron chi connectivity index (χ1n) is 11.9. The Morgan fingerprint density at radius 1 is 1.18 bits per heavy atom. The molecule has 2 N–H and O–H groups in total. The van der Waals surface area contributed by atoms with E-state index in [1.54, 1.807) is 0 Å². The standard InChI is InChI=1S/C27H34N4O2S/c1-19-15-20(2)25-23(16-19)17-24(26(32)29-25)18-31(10-9-30-11-13-33-14-12-30)27(34)28-21(3)22-7-5-4-6-8-22/h4-8,15-17,21H,9-14,18H2,1-3H3,(H,28,34)(H,29,32). The van der Waals surface area contributed by atoms with Crippen LogP contribution in [0.5, 0.6) is 0 Å². The molecule has 4 rings (SSSR count). The maximum atomic E-state index is 13.0. The number of aromatic amines is 1. The molecular weight excluding hydrogens is 444 g/mol. The molecule has 1 atom stereocenters. The number of pyridine rings is 1. The molecule has 1 aliphatic rings. The van der Waals surface area contributed by atoms with E-state index in [4.69, 9.17) is 17.0 Å². The molecule has 1 aliphatic heterocycles. The molecule has 1 unspecified atom stereocenters. The summed E-state index contributed by atoms with van der Waals surface area (Å²) in [4.78, 5) is 20.6. The van der Waals surface area contributed by atoms with E-state index in [2.05, 4.69) is 58.2 Å². The molecule has 0 spiro atoms. The summed E-state index contributed by atoms with van der Waals surface area (Å²) < 4.78 is 5.49. The van der Waals surface area contributed by atoms with Gasteiger partial charge in [-0.25, -0.2) is 0 Å². The first-order valence-corrected chi connectivity index (χ1v) is 12.3. The second kappa shape index (κ2) is 11.1. The van der Waals surface area contributed by atoms with E-state index in [-0.39, 0.29) is 11.6 Å². The molecule has 3 aromatic rings. The molecule has 34 heavy (non-hydrogen) atoms. The second-order valence-corrected chi connectivity index (χ2v) is 9.51. The van der Waals surface area contributed by atoms with Crippen molar-refractivity contribution in [3.8, 4) is 0 Å². The number of aromatic nitrogens is 1. The fourth-order valence-corrected chi connectivity index (χ4v) is 4.83. The number of morpholine rings is 1. The summed E-state index contributed by atoms with van der Waals surface area (Å²) in [5.74, 6) is 0. The minimum absolute atomic E-state index is 0.0604. The number of fused-ring (bicyclic) bond motifs is 1. The van der Waals surface area contributed by atoms with Gasteiger partial charge in [0, 0.05) is 31.7 Å². The van der Waals surface area contributed by atoms with E-state index in [0.29, 0.717) is 11.7 Å². The number of nitrogens with zero attached hydrogens (tertiary/aromatic N) is 2. The average Bonchev–Trinajstić information content (AvgIpc) is 2.83. The zero-order valence-electron chi connectivity index (χ0n) is 20.3. The van der Waals surface area contributed by atoms with E-state index in [9.17, 15) is 4.79 Å². The van der Waals surface area contributed by atoms with Crippen LogP contribution in [0, 0.1) is 13.8 Å². The van der Waals surface area contributed by atoms with Crippen LogP contribution in [0.3, 0.4) is 0 Å². The highest BCUT2D eigenvalue weighted by Crippen LogP contribution is 2.19. The lowest BCUT2D eigenvalue weighted by atomic mass is 10.1. The molecule has 6 nitrogen and oxygen atoms in total. The zero-order valence-corrected chi connectivity index (χ0v) is 21.1. The highest BCUT2D eigenvalue weighted by molar-refractivity contribution is 7.80. The van der Waals surface area contributed by atoms with Crippen molar-refractivity contribution >= 4 is 28.2 Å². The lowest BCUT2D eigenvalue weighted by Crippen LogP contribution is -2.46. The molecule has 7 heteroatoms. The lowest BCUT2D eigenvalue weighted by Gasteiger charge is -2.32. The quantitative estimate of drug-likeness (QED) is 0.502. The Kier molecular flexibility index (Phi) is 7.98. The van der Waals surface area contributed by atoms with Crippen molar-refractivity contribution in [3.63, 3.8) is 0 Å². The van der Waals surface area contributed by atoms with E-state index < -0.39 is 0 Å². The maximum absolute atomic E-state index is 13.0. The predicted molar refractivity (Wildman–Crippen MR) is 142 cm³/mol. The normalized spacial score (nSPS) is 15.3. The fraction of sp³-hybridized carbons (Fsp3) is 0.407. The van der Waals surface area contributed by atoms with Crippen LogP contribution in [0.4, 0.5) is 0 Å². The van der Waals surface area contributed by atoms with Crippen molar-refractivity contribution in [2.45, 2.75) is 33.4 Å². The van der Waals surface area contributed by atoms with Crippen molar-refractivity contribution < 1.29 is 4.74 Å². The Balaban J connectivity index is 1.56. The number of nitrogens with one attached hydrogen (secondary N) is 2. The number of H-pyrrole nitrogens is 1. The van der Waals surface area contributed by atoms with Crippen molar-refractivity contribution in [2.24, 2.45) is 0 Å². The van der Waals surface area contributed by atoms with Gasteiger partial charge in [-0.2, -0.15) is 0 Å². The molecule has 180 valence electrons. The maximum Gasteiger partial charge on any atom is 0.253 e. The van der Waals surface area contributed by atoms with Gasteiger partial charge in [0.05, 0.1) is 31.3 Å². The topological polar surface area (TPSA) is 60.6 Å². The van der Waals surface area contributed by atoms with E-state index >= 15 is 0 Å². The van der Waals surface area contributed by atoms with Gasteiger partial charge in [0.15, 0.2) is 5.11 Å². The first-order chi connectivity index (χ1) is 16.4. The van der Waals surface area contributed by atoms with Gasteiger partial charge in [0.1, 0.15) is 0 Å². The second-order valence-electron chi connectivity index (χ2n) is 9.13. The van der Waals surface area contributed by atoms with Crippen LogP contribution in [0.2, 0.25) is 0 Å². The summed E-state index contributed by atoms with van der Waals surface area (Å²) in [6.45, 7) is 11.6. The number of hydrogen-bond acceptors (Lipinski definition) is 4. The van der Waals surface area contributed by atoms with Crippen LogP contribution in [0.15, 0.2) is 53.3 Å². The molecule has 1 aromatic heterocycles. The molecule has 0 bridgehead atoms. The Hall–Kier alpha value is -2.74. The van der Waals surface area contributed by atoms with Gasteiger partial charge in [-0.1, -0.05) is 42.0 Å². The Morgan fingerprint density at radius 2 is 1.91 bits per heavy atom. The van der Waals surface area contributed by atoms with Gasteiger partial charge in [-0.05, 0) is 61.6 Å². The SMILES string of the molecule is Cc1cc(C)c2[nH]c(=O)c(CN(CCN3CCOCC3)C(=S)NC(C)c3ccccc3)cc2c1. The summed E-state index contributed by atoms with van der Waals surface area (Å²) in [5, 5.41) is 5.19. The molecule has 1 fully saturated rings. The smallest absolute Gasteiger partial charge is 0.253 e. The van der Waals surface area contributed by atoms with Crippen LogP contribution in [0.1, 0.15) is 35.2 Å². The van der Waals surface area contributed by atoms with Crippen molar-refractivity contribution in [2.75, 3.05) is 39.4 Å². The largest absolute Gasteiger partial charge is 0.379 e. The third kappa shape index (κ3) is 6.03.